The van der Waals surface area contributed by atoms with Crippen molar-refractivity contribution >= 4 is 23.0 Å². The van der Waals surface area contributed by atoms with Gasteiger partial charge in [-0.3, -0.25) is 10.1 Å². The van der Waals surface area contributed by atoms with Gasteiger partial charge in [-0.25, -0.2) is 4.39 Å². The Bertz CT molecular complexity index is 975. The summed E-state index contributed by atoms with van der Waals surface area (Å²) in [6, 6.07) is 7.17. The van der Waals surface area contributed by atoms with Crippen LogP contribution in [0, 0.1) is 15.9 Å². The molecule has 0 saturated carbocycles. The molecule has 0 radical (unpaired) electrons. The van der Waals surface area contributed by atoms with Crippen LogP contribution in [0.2, 0.25) is 5.02 Å². The van der Waals surface area contributed by atoms with Gasteiger partial charge in [-0.15, -0.1) is 10.2 Å². The minimum absolute atomic E-state index is 0.0102. The van der Waals surface area contributed by atoms with E-state index in [9.17, 15) is 14.5 Å². The van der Waals surface area contributed by atoms with Gasteiger partial charge >= 0.3 is 5.69 Å². The van der Waals surface area contributed by atoms with Crippen molar-refractivity contribution in [1.82, 2.24) is 10.2 Å². The molecule has 0 aliphatic heterocycles. The molecule has 0 atom stereocenters. The van der Waals surface area contributed by atoms with E-state index >= 15 is 0 Å². The van der Waals surface area contributed by atoms with Gasteiger partial charge in [0.05, 0.1) is 29.0 Å². The predicted octanol–water partition coefficient (Wildman–Crippen LogP) is 3.62. The Kier molecular flexibility index (Phi) is 4.72. The Morgan fingerprint density at radius 3 is 2.65 bits per heavy atom. The van der Waals surface area contributed by atoms with Gasteiger partial charge in [-0.1, -0.05) is 23.7 Å². The second kappa shape index (κ2) is 6.96. The van der Waals surface area contributed by atoms with E-state index in [4.69, 9.17) is 26.5 Å². The Balaban J connectivity index is 2.01. The average Bonchev–Trinajstić information content (AvgIpc) is 3.06. The van der Waals surface area contributed by atoms with E-state index < -0.39 is 10.6 Å². The van der Waals surface area contributed by atoms with E-state index in [1.807, 2.05) is 0 Å². The number of aromatic nitrogens is 2. The largest absolute Gasteiger partial charge is 0.490 e. The summed E-state index contributed by atoms with van der Waals surface area (Å²) in [5, 5.41) is 19.1. The molecule has 2 aromatic carbocycles. The van der Waals surface area contributed by atoms with Crippen LogP contribution in [0.4, 0.5) is 15.8 Å². The Labute approximate surface area is 151 Å². The molecular formula is C16H12ClFN4O4. The van der Waals surface area contributed by atoms with Gasteiger partial charge in [0.2, 0.25) is 11.6 Å². The fourth-order valence-corrected chi connectivity index (χ4v) is 2.59. The van der Waals surface area contributed by atoms with Crippen molar-refractivity contribution in [1.29, 1.82) is 0 Å². The van der Waals surface area contributed by atoms with Crippen molar-refractivity contribution in [2.24, 2.45) is 0 Å². The number of ether oxygens (including phenoxy) is 1. The number of methoxy groups -OCH3 is 1. The van der Waals surface area contributed by atoms with Crippen molar-refractivity contribution in [2.45, 2.75) is 6.42 Å². The van der Waals surface area contributed by atoms with E-state index in [0.717, 1.165) is 5.56 Å². The van der Waals surface area contributed by atoms with E-state index in [2.05, 4.69) is 10.2 Å². The predicted molar refractivity (Wildman–Crippen MR) is 91.6 cm³/mol. The third-order valence-electron chi connectivity index (χ3n) is 3.60. The zero-order valence-electron chi connectivity index (χ0n) is 13.4. The van der Waals surface area contributed by atoms with Crippen molar-refractivity contribution in [3.63, 3.8) is 0 Å². The first kappa shape index (κ1) is 17.6. The monoisotopic (exact) mass is 378 g/mol. The minimum Gasteiger partial charge on any atom is -0.490 e. The molecule has 3 aromatic rings. The molecule has 2 N–H and O–H groups in total. The minimum atomic E-state index is -0.695. The molecule has 3 rings (SSSR count). The van der Waals surface area contributed by atoms with Crippen LogP contribution < -0.4 is 10.5 Å². The second-order valence-electron chi connectivity index (χ2n) is 5.26. The van der Waals surface area contributed by atoms with Crippen LogP contribution in [0.3, 0.4) is 0 Å². The summed E-state index contributed by atoms with van der Waals surface area (Å²) in [6.45, 7) is 0. The topological polar surface area (TPSA) is 117 Å². The number of benzene rings is 2. The van der Waals surface area contributed by atoms with Gasteiger partial charge in [0.15, 0.2) is 0 Å². The van der Waals surface area contributed by atoms with Crippen LogP contribution in [0.1, 0.15) is 11.5 Å². The van der Waals surface area contributed by atoms with Gasteiger partial charge < -0.3 is 14.9 Å². The molecule has 0 amide bonds. The van der Waals surface area contributed by atoms with Crippen molar-refractivity contribution in [3.8, 4) is 17.2 Å². The second-order valence-corrected chi connectivity index (χ2v) is 5.67. The fourth-order valence-electron chi connectivity index (χ4n) is 2.39. The smallest absolute Gasteiger partial charge is 0.335 e. The first-order valence-electron chi connectivity index (χ1n) is 7.28. The maximum atomic E-state index is 13.0. The average molecular weight is 379 g/mol. The summed E-state index contributed by atoms with van der Waals surface area (Å²) < 4.78 is 23.6. The first-order chi connectivity index (χ1) is 12.4. The van der Waals surface area contributed by atoms with Crippen LogP contribution >= 0.6 is 11.6 Å². The Hall–Kier alpha value is -3.20. The van der Waals surface area contributed by atoms with Crippen LogP contribution in [-0.2, 0) is 6.42 Å². The van der Waals surface area contributed by atoms with Crippen molar-refractivity contribution < 1.29 is 18.5 Å². The molecule has 0 unspecified atom stereocenters. The quantitative estimate of drug-likeness (QED) is 0.409. The number of nitrogens with two attached hydrogens (primary N) is 1. The lowest BCUT2D eigenvalue weighted by atomic mass is 10.1. The maximum Gasteiger partial charge on any atom is 0.335 e. The molecule has 10 heteroatoms. The third-order valence-corrected chi connectivity index (χ3v) is 3.91. The molecule has 134 valence electrons. The summed E-state index contributed by atoms with van der Waals surface area (Å²) in [4.78, 5) is 10.6. The lowest BCUT2D eigenvalue weighted by Crippen LogP contribution is -2.01. The van der Waals surface area contributed by atoms with Gasteiger partial charge in [0.25, 0.3) is 5.89 Å². The molecule has 1 heterocycles. The van der Waals surface area contributed by atoms with Crippen LogP contribution in [0.25, 0.3) is 11.5 Å². The number of hydrogen-bond donors (Lipinski definition) is 1. The molecule has 0 spiro atoms. The molecular weight excluding hydrogens is 367 g/mol. The van der Waals surface area contributed by atoms with Crippen molar-refractivity contribution in [3.05, 3.63) is 62.7 Å². The standard InChI is InChI=1S/C16H12ClFN4O4/c1-25-15-10(7-11(17)13(19)14(15)22(23)24)16-21-20-12(26-16)6-8-2-4-9(18)5-3-8/h2-5,7H,6,19H2,1H3. The molecule has 0 fully saturated rings. The molecule has 26 heavy (non-hydrogen) atoms. The SMILES string of the molecule is COc1c(-c2nnc(Cc3ccc(F)cc3)o2)cc(Cl)c(N)c1[N+](=O)[O-]. The van der Waals surface area contributed by atoms with Gasteiger partial charge in [-0.05, 0) is 23.8 Å². The molecule has 0 aliphatic rings. The third kappa shape index (κ3) is 3.29. The number of halogens is 2. The number of nitro groups is 1. The number of anilines is 1. The zero-order chi connectivity index (χ0) is 18.8. The lowest BCUT2D eigenvalue weighted by molar-refractivity contribution is -0.384. The first-order valence-corrected chi connectivity index (χ1v) is 7.66. The number of nitrogen functional groups attached to an aromatic ring is 1. The molecule has 1 aromatic heterocycles. The van der Waals surface area contributed by atoms with Crippen LogP contribution in [0.5, 0.6) is 5.75 Å². The number of rotatable bonds is 5. The summed E-state index contributed by atoms with van der Waals surface area (Å²) in [6.07, 6.45) is 0.264. The van der Waals surface area contributed by atoms with Crippen LogP contribution in [0.15, 0.2) is 34.7 Å². The lowest BCUT2D eigenvalue weighted by Gasteiger charge is -2.09. The normalized spacial score (nSPS) is 10.7. The summed E-state index contributed by atoms with van der Waals surface area (Å²) in [5.41, 5.74) is 5.89. The molecule has 8 nitrogen and oxygen atoms in total. The van der Waals surface area contributed by atoms with Gasteiger partial charge in [0, 0.05) is 0 Å². The zero-order valence-corrected chi connectivity index (χ0v) is 14.2. The van der Waals surface area contributed by atoms with Crippen LogP contribution in [-0.4, -0.2) is 22.2 Å². The van der Waals surface area contributed by atoms with E-state index in [0.29, 0.717) is 0 Å². The van der Waals surface area contributed by atoms with Gasteiger partial charge in [-0.2, -0.15) is 0 Å². The van der Waals surface area contributed by atoms with E-state index in [-0.39, 0.29) is 46.0 Å². The number of nitro benzene ring substituents is 1. The van der Waals surface area contributed by atoms with E-state index in [1.165, 1.54) is 25.3 Å². The number of hydrogen-bond acceptors (Lipinski definition) is 7. The van der Waals surface area contributed by atoms with Gasteiger partial charge in [0.1, 0.15) is 11.5 Å². The maximum absolute atomic E-state index is 13.0. The highest BCUT2D eigenvalue weighted by atomic mass is 35.5. The Morgan fingerprint density at radius 1 is 1.35 bits per heavy atom. The summed E-state index contributed by atoms with van der Waals surface area (Å²) >= 11 is 5.98. The van der Waals surface area contributed by atoms with E-state index in [1.54, 1.807) is 12.1 Å². The molecule has 0 saturated heterocycles. The highest BCUT2D eigenvalue weighted by Crippen LogP contribution is 2.45. The fraction of sp³-hybridized carbons (Fsp3) is 0.125. The molecule has 0 bridgehead atoms. The Morgan fingerprint density at radius 2 is 2.04 bits per heavy atom. The molecule has 0 aliphatic carbocycles. The highest BCUT2D eigenvalue weighted by Gasteiger charge is 2.28. The number of nitrogens with zero attached hydrogens (tertiary/aromatic N) is 3. The van der Waals surface area contributed by atoms with Crippen molar-refractivity contribution in [2.75, 3.05) is 12.8 Å². The summed E-state index contributed by atoms with van der Waals surface area (Å²) in [5.74, 6) is -0.254. The summed E-state index contributed by atoms with van der Waals surface area (Å²) in [7, 11) is 1.26. The highest BCUT2D eigenvalue weighted by molar-refractivity contribution is 6.34.